The maximum atomic E-state index is 11.9. The number of rotatable bonds is 2. The van der Waals surface area contributed by atoms with Gasteiger partial charge in [-0.05, 0) is 32.2 Å². The number of likely N-dealkylation sites (tertiary alicyclic amines) is 1. The molecule has 0 aromatic heterocycles. The standard InChI is InChI=1S/C13H25NO/c1-10-6-7-14(11(2)8-10)9-12(15)13(3,4)5/h10-11H,6-9H2,1-5H3. The fourth-order valence-electron chi connectivity index (χ4n) is 2.11. The minimum Gasteiger partial charge on any atom is -0.298 e. The lowest BCUT2D eigenvalue weighted by Crippen LogP contribution is -2.45. The normalized spacial score (nSPS) is 29.1. The number of ketones is 1. The van der Waals surface area contributed by atoms with Crippen LogP contribution in [0, 0.1) is 11.3 Å². The molecule has 1 rings (SSSR count). The molecule has 0 aliphatic carbocycles. The second-order valence-electron chi connectivity index (χ2n) is 6.12. The van der Waals surface area contributed by atoms with Crippen molar-refractivity contribution in [2.24, 2.45) is 11.3 Å². The Morgan fingerprint density at radius 1 is 1.33 bits per heavy atom. The summed E-state index contributed by atoms with van der Waals surface area (Å²) in [6.07, 6.45) is 2.47. The summed E-state index contributed by atoms with van der Waals surface area (Å²) in [6, 6.07) is 0.569. The summed E-state index contributed by atoms with van der Waals surface area (Å²) >= 11 is 0. The predicted molar refractivity (Wildman–Crippen MR) is 63.9 cm³/mol. The van der Waals surface area contributed by atoms with E-state index in [1.54, 1.807) is 0 Å². The van der Waals surface area contributed by atoms with Crippen LogP contribution in [0.15, 0.2) is 0 Å². The summed E-state index contributed by atoms with van der Waals surface area (Å²) in [5.41, 5.74) is -0.192. The first-order valence-corrected chi connectivity index (χ1v) is 6.08. The largest absolute Gasteiger partial charge is 0.298 e. The average Bonchev–Trinajstić information content (AvgIpc) is 2.08. The number of hydrogen-bond donors (Lipinski definition) is 0. The molecule has 0 amide bonds. The van der Waals surface area contributed by atoms with Gasteiger partial charge in [0.15, 0.2) is 5.78 Å². The topological polar surface area (TPSA) is 20.3 Å². The van der Waals surface area contributed by atoms with Crippen LogP contribution >= 0.6 is 0 Å². The summed E-state index contributed by atoms with van der Waals surface area (Å²) < 4.78 is 0. The molecule has 2 nitrogen and oxygen atoms in total. The Kier molecular flexibility index (Phi) is 3.93. The Morgan fingerprint density at radius 2 is 1.93 bits per heavy atom. The first kappa shape index (κ1) is 12.7. The molecule has 2 atom stereocenters. The number of Topliss-reactive ketones (excluding diaryl/α,β-unsaturated/α-hetero) is 1. The summed E-state index contributed by atoms with van der Waals surface area (Å²) in [5, 5.41) is 0. The highest BCUT2D eigenvalue weighted by Gasteiger charge is 2.28. The maximum absolute atomic E-state index is 11.9. The Labute approximate surface area is 94.0 Å². The number of carbonyl (C=O) groups is 1. The van der Waals surface area contributed by atoms with E-state index in [1.165, 1.54) is 12.8 Å². The molecule has 1 aliphatic heterocycles. The van der Waals surface area contributed by atoms with Gasteiger partial charge in [0.05, 0.1) is 6.54 Å². The van der Waals surface area contributed by atoms with E-state index < -0.39 is 0 Å². The van der Waals surface area contributed by atoms with Crippen molar-refractivity contribution in [1.29, 1.82) is 0 Å². The van der Waals surface area contributed by atoms with Crippen molar-refractivity contribution in [3.63, 3.8) is 0 Å². The molecule has 0 bridgehead atoms. The molecule has 15 heavy (non-hydrogen) atoms. The average molecular weight is 211 g/mol. The van der Waals surface area contributed by atoms with E-state index in [1.807, 2.05) is 20.8 Å². The van der Waals surface area contributed by atoms with E-state index in [2.05, 4.69) is 18.7 Å². The van der Waals surface area contributed by atoms with Crippen LogP contribution in [0.3, 0.4) is 0 Å². The molecule has 2 unspecified atom stereocenters. The number of piperidine rings is 1. The third-order valence-electron chi connectivity index (χ3n) is 3.46. The van der Waals surface area contributed by atoms with Crippen LogP contribution in [0.2, 0.25) is 0 Å². The van der Waals surface area contributed by atoms with Gasteiger partial charge in [-0.15, -0.1) is 0 Å². The van der Waals surface area contributed by atoms with E-state index >= 15 is 0 Å². The summed E-state index contributed by atoms with van der Waals surface area (Å²) in [5.74, 6) is 1.19. The van der Waals surface area contributed by atoms with E-state index in [0.717, 1.165) is 12.5 Å². The SMILES string of the molecule is CC1CCN(CC(=O)C(C)(C)C)C(C)C1. The van der Waals surface area contributed by atoms with Gasteiger partial charge in [0.1, 0.15) is 0 Å². The Hall–Kier alpha value is -0.370. The van der Waals surface area contributed by atoms with Gasteiger partial charge >= 0.3 is 0 Å². The molecule has 2 heteroatoms. The summed E-state index contributed by atoms with van der Waals surface area (Å²) in [7, 11) is 0. The maximum Gasteiger partial charge on any atom is 0.152 e. The van der Waals surface area contributed by atoms with E-state index in [4.69, 9.17) is 0 Å². The van der Waals surface area contributed by atoms with Crippen molar-refractivity contribution in [1.82, 2.24) is 4.90 Å². The van der Waals surface area contributed by atoms with Crippen molar-refractivity contribution < 1.29 is 4.79 Å². The second-order valence-corrected chi connectivity index (χ2v) is 6.12. The van der Waals surface area contributed by atoms with Gasteiger partial charge in [-0.1, -0.05) is 27.7 Å². The zero-order chi connectivity index (χ0) is 11.6. The first-order valence-electron chi connectivity index (χ1n) is 6.08. The van der Waals surface area contributed by atoms with Crippen LogP contribution in [-0.2, 0) is 4.79 Å². The van der Waals surface area contributed by atoms with Crippen LogP contribution in [0.5, 0.6) is 0 Å². The fraction of sp³-hybridized carbons (Fsp3) is 0.923. The van der Waals surface area contributed by atoms with Gasteiger partial charge in [0.25, 0.3) is 0 Å². The van der Waals surface area contributed by atoms with Crippen molar-refractivity contribution in [3.05, 3.63) is 0 Å². The quantitative estimate of drug-likeness (QED) is 0.700. The predicted octanol–water partition coefficient (Wildman–Crippen LogP) is 2.72. The van der Waals surface area contributed by atoms with Gasteiger partial charge < -0.3 is 0 Å². The molecule has 0 aromatic carbocycles. The van der Waals surface area contributed by atoms with Crippen LogP contribution in [0.25, 0.3) is 0 Å². The molecule has 1 saturated heterocycles. The van der Waals surface area contributed by atoms with E-state index in [-0.39, 0.29) is 5.41 Å². The number of carbonyl (C=O) groups excluding carboxylic acids is 1. The molecular formula is C13H25NO. The molecule has 1 aliphatic rings. The van der Waals surface area contributed by atoms with Crippen molar-refractivity contribution in [2.45, 2.75) is 53.5 Å². The molecule has 88 valence electrons. The highest BCUT2D eigenvalue weighted by molar-refractivity contribution is 5.85. The Bertz CT molecular complexity index is 229. The van der Waals surface area contributed by atoms with Crippen LogP contribution in [0.1, 0.15) is 47.5 Å². The van der Waals surface area contributed by atoms with Crippen molar-refractivity contribution >= 4 is 5.78 Å². The fourth-order valence-corrected chi connectivity index (χ4v) is 2.11. The van der Waals surface area contributed by atoms with Gasteiger partial charge in [0.2, 0.25) is 0 Å². The van der Waals surface area contributed by atoms with Gasteiger partial charge in [0, 0.05) is 11.5 Å². The van der Waals surface area contributed by atoms with E-state index in [9.17, 15) is 4.79 Å². The van der Waals surface area contributed by atoms with Gasteiger partial charge in [-0.2, -0.15) is 0 Å². The molecule has 0 saturated carbocycles. The molecule has 0 spiro atoms. The molecule has 1 fully saturated rings. The molecule has 0 N–H and O–H groups in total. The lowest BCUT2D eigenvalue weighted by Gasteiger charge is -2.37. The molecular weight excluding hydrogens is 186 g/mol. The van der Waals surface area contributed by atoms with E-state index in [0.29, 0.717) is 18.4 Å². The Balaban J connectivity index is 2.49. The van der Waals surface area contributed by atoms with Crippen LogP contribution in [-0.4, -0.2) is 29.8 Å². The number of hydrogen-bond acceptors (Lipinski definition) is 2. The molecule has 1 heterocycles. The van der Waals surface area contributed by atoms with Crippen LogP contribution < -0.4 is 0 Å². The lowest BCUT2D eigenvalue weighted by molar-refractivity contribution is -0.128. The van der Waals surface area contributed by atoms with Crippen molar-refractivity contribution in [2.75, 3.05) is 13.1 Å². The lowest BCUT2D eigenvalue weighted by atomic mass is 9.88. The molecule has 0 aromatic rings. The molecule has 0 radical (unpaired) electrons. The minimum atomic E-state index is -0.192. The smallest absolute Gasteiger partial charge is 0.152 e. The Morgan fingerprint density at radius 3 is 2.40 bits per heavy atom. The van der Waals surface area contributed by atoms with Crippen molar-refractivity contribution in [3.8, 4) is 0 Å². The first-order chi connectivity index (χ1) is 6.80. The minimum absolute atomic E-state index is 0.192. The third kappa shape index (κ3) is 3.60. The highest BCUT2D eigenvalue weighted by atomic mass is 16.1. The third-order valence-corrected chi connectivity index (χ3v) is 3.46. The van der Waals surface area contributed by atoms with Crippen LogP contribution in [0.4, 0.5) is 0 Å². The second kappa shape index (κ2) is 4.65. The monoisotopic (exact) mass is 211 g/mol. The number of nitrogens with zero attached hydrogens (tertiary/aromatic N) is 1. The highest BCUT2D eigenvalue weighted by Crippen LogP contribution is 2.23. The zero-order valence-corrected chi connectivity index (χ0v) is 10.8. The van der Waals surface area contributed by atoms with Gasteiger partial charge in [-0.3, -0.25) is 9.69 Å². The zero-order valence-electron chi connectivity index (χ0n) is 10.8. The summed E-state index contributed by atoms with van der Waals surface area (Å²) in [6.45, 7) is 12.3. The van der Waals surface area contributed by atoms with Gasteiger partial charge in [-0.25, -0.2) is 0 Å². The summed E-state index contributed by atoms with van der Waals surface area (Å²) in [4.78, 5) is 14.3.